The third-order valence-corrected chi connectivity index (χ3v) is 11.5. The Hall–Kier alpha value is -1.93. The van der Waals surface area contributed by atoms with Gasteiger partial charge in [-0.3, -0.25) is 9.69 Å². The smallest absolute Gasteiger partial charge is 0.317 e. The Morgan fingerprint density at radius 2 is 1.64 bits per heavy atom. The van der Waals surface area contributed by atoms with Crippen LogP contribution in [0.1, 0.15) is 63.4 Å². The molecular weight excluding hydrogens is 474 g/mol. The van der Waals surface area contributed by atoms with Gasteiger partial charge in [-0.2, -0.15) is 0 Å². The first-order valence-electron chi connectivity index (χ1n) is 13.7. The topological polar surface area (TPSA) is 78.0 Å². The maximum Gasteiger partial charge on any atom is 0.321 e. The van der Waals surface area contributed by atoms with Gasteiger partial charge in [0, 0.05) is 24.5 Å². The second-order valence-corrected chi connectivity index (χ2v) is 14.3. The van der Waals surface area contributed by atoms with Gasteiger partial charge in [0.2, 0.25) is 0 Å². The van der Waals surface area contributed by atoms with Crippen molar-refractivity contribution in [3.05, 3.63) is 35.9 Å². The first kappa shape index (κ1) is 25.7. The predicted octanol–water partition coefficient (Wildman–Crippen LogP) is 3.69. The third kappa shape index (κ3) is 4.71. The lowest BCUT2D eigenvalue weighted by Crippen LogP contribution is -2.56. The Kier molecular flexibility index (Phi) is 6.96. The van der Waals surface area contributed by atoms with Gasteiger partial charge in [-0.25, -0.2) is 13.2 Å². The van der Waals surface area contributed by atoms with Crippen molar-refractivity contribution in [3.63, 3.8) is 0 Å². The van der Waals surface area contributed by atoms with Crippen LogP contribution in [0.3, 0.4) is 0 Å². The highest BCUT2D eigenvalue weighted by atomic mass is 32.2. The molecule has 36 heavy (non-hydrogen) atoms. The van der Waals surface area contributed by atoms with Crippen molar-refractivity contribution in [2.75, 3.05) is 45.2 Å². The molecule has 8 heteroatoms. The van der Waals surface area contributed by atoms with Gasteiger partial charge in [0.1, 0.15) is 9.84 Å². The fraction of sp³-hybridized carbons (Fsp3) is 0.714. The molecule has 2 aliphatic heterocycles. The molecule has 198 valence electrons. The number of sulfone groups is 1. The van der Waals surface area contributed by atoms with E-state index in [0.717, 1.165) is 32.2 Å². The van der Waals surface area contributed by atoms with Crippen LogP contribution in [-0.4, -0.2) is 85.7 Å². The van der Waals surface area contributed by atoms with E-state index in [0.29, 0.717) is 25.3 Å². The Balaban J connectivity index is 1.33. The van der Waals surface area contributed by atoms with Crippen LogP contribution in [0.4, 0.5) is 4.79 Å². The van der Waals surface area contributed by atoms with E-state index in [2.05, 4.69) is 54.2 Å². The molecule has 4 aliphatic rings. The summed E-state index contributed by atoms with van der Waals surface area (Å²) in [5.41, 5.74) is 1.06. The summed E-state index contributed by atoms with van der Waals surface area (Å²) in [5, 5.41) is 0. The van der Waals surface area contributed by atoms with E-state index in [1.54, 1.807) is 4.90 Å². The monoisotopic (exact) mass is 515 g/mol. The average Bonchev–Trinajstić information content (AvgIpc) is 3.07. The molecular formula is C28H41N3O4S. The molecule has 1 aromatic carbocycles. The molecule has 5 rings (SSSR count). The number of nitrogens with zero attached hydrogens (tertiary/aromatic N) is 3. The molecule has 0 unspecified atom stereocenters. The van der Waals surface area contributed by atoms with Crippen LogP contribution in [0.2, 0.25) is 0 Å². The number of ketones is 1. The summed E-state index contributed by atoms with van der Waals surface area (Å²) in [6.45, 7) is 1.52. The van der Waals surface area contributed by atoms with Gasteiger partial charge < -0.3 is 9.80 Å². The zero-order valence-electron chi connectivity index (χ0n) is 21.8. The van der Waals surface area contributed by atoms with Crippen molar-refractivity contribution in [2.45, 2.75) is 68.9 Å². The molecule has 0 atom stereocenters. The highest BCUT2D eigenvalue weighted by molar-refractivity contribution is 7.91. The van der Waals surface area contributed by atoms with Crippen molar-refractivity contribution in [2.24, 2.45) is 11.8 Å². The average molecular weight is 516 g/mol. The lowest BCUT2D eigenvalue weighted by atomic mass is 9.68. The zero-order chi connectivity index (χ0) is 25.6. The van der Waals surface area contributed by atoms with Crippen LogP contribution < -0.4 is 0 Å². The number of amides is 2. The number of Topliss-reactive ketones (excluding diaryl/α,β-unsaturated/α-hetero) is 1. The van der Waals surface area contributed by atoms with E-state index in [4.69, 9.17) is 0 Å². The minimum absolute atomic E-state index is 0.00995. The summed E-state index contributed by atoms with van der Waals surface area (Å²) in [6, 6.07) is 10.7. The van der Waals surface area contributed by atoms with Crippen molar-refractivity contribution >= 4 is 21.7 Å². The Morgan fingerprint density at radius 1 is 1.00 bits per heavy atom. The summed E-state index contributed by atoms with van der Waals surface area (Å²) in [4.78, 5) is 33.1. The Morgan fingerprint density at radius 3 is 2.19 bits per heavy atom. The quantitative estimate of drug-likeness (QED) is 0.554. The Labute approximate surface area is 216 Å². The van der Waals surface area contributed by atoms with Crippen LogP contribution in [0, 0.1) is 11.8 Å². The van der Waals surface area contributed by atoms with Crippen LogP contribution in [0.5, 0.6) is 0 Å². The predicted molar refractivity (Wildman–Crippen MR) is 140 cm³/mol. The second-order valence-electron chi connectivity index (χ2n) is 12.0. The molecule has 2 saturated carbocycles. The molecule has 2 heterocycles. The minimum Gasteiger partial charge on any atom is -0.317 e. The number of rotatable bonds is 7. The molecule has 1 spiro atoms. The number of hydrogen-bond donors (Lipinski definition) is 0. The maximum atomic E-state index is 13.7. The molecule has 4 fully saturated rings. The van der Waals surface area contributed by atoms with Crippen molar-refractivity contribution < 1.29 is 18.0 Å². The number of carbonyl (C=O) groups is 2. The molecule has 2 saturated heterocycles. The SMILES string of the molecule is CN(C)[C@]1(c2ccccc2)CC[C@]2(CC1)CN(CC(=O)C1CCS(=O)(=O)CC1)C(=O)N2CC1CCC1. The molecule has 7 nitrogen and oxygen atoms in total. The maximum absolute atomic E-state index is 13.7. The first-order chi connectivity index (χ1) is 17.1. The van der Waals surface area contributed by atoms with E-state index in [9.17, 15) is 18.0 Å². The minimum atomic E-state index is -3.01. The first-order valence-corrected chi connectivity index (χ1v) is 15.5. The molecule has 0 aromatic heterocycles. The van der Waals surface area contributed by atoms with Gasteiger partial charge in [0.05, 0.1) is 23.6 Å². The number of carbonyl (C=O) groups excluding carboxylic acids is 2. The zero-order valence-corrected chi connectivity index (χ0v) is 22.6. The normalized spacial score (nSPS) is 28.6. The van der Waals surface area contributed by atoms with E-state index in [1.165, 1.54) is 24.8 Å². The highest BCUT2D eigenvalue weighted by Gasteiger charge is 2.55. The van der Waals surface area contributed by atoms with Gasteiger partial charge in [-0.1, -0.05) is 36.8 Å². The number of benzene rings is 1. The van der Waals surface area contributed by atoms with Gasteiger partial charge in [-0.15, -0.1) is 0 Å². The molecule has 0 radical (unpaired) electrons. The third-order valence-electron chi connectivity index (χ3n) is 9.76. The fourth-order valence-corrected chi connectivity index (χ4v) is 8.53. The van der Waals surface area contributed by atoms with Crippen LogP contribution in [0.25, 0.3) is 0 Å². The summed E-state index contributed by atoms with van der Waals surface area (Å²) < 4.78 is 23.6. The summed E-state index contributed by atoms with van der Waals surface area (Å²) in [5.74, 6) is 0.521. The van der Waals surface area contributed by atoms with E-state index in [-0.39, 0.29) is 46.9 Å². The van der Waals surface area contributed by atoms with Gasteiger partial charge in [0.25, 0.3) is 0 Å². The summed E-state index contributed by atoms with van der Waals surface area (Å²) in [6.07, 6.45) is 8.18. The highest BCUT2D eigenvalue weighted by Crippen LogP contribution is 2.49. The van der Waals surface area contributed by atoms with Gasteiger partial charge in [0.15, 0.2) is 5.78 Å². The van der Waals surface area contributed by atoms with Crippen LogP contribution in [0.15, 0.2) is 30.3 Å². The van der Waals surface area contributed by atoms with Crippen molar-refractivity contribution in [1.82, 2.24) is 14.7 Å². The van der Waals surface area contributed by atoms with E-state index >= 15 is 0 Å². The van der Waals surface area contributed by atoms with Gasteiger partial charge >= 0.3 is 6.03 Å². The van der Waals surface area contributed by atoms with E-state index in [1.807, 2.05) is 0 Å². The van der Waals surface area contributed by atoms with Crippen molar-refractivity contribution in [3.8, 4) is 0 Å². The van der Waals surface area contributed by atoms with E-state index < -0.39 is 9.84 Å². The standard InChI is InChI=1S/C28H41N3O4S/c1-29(2)28(24-9-4-3-5-10-24)15-13-27(14-16-28)21-30(26(33)31(27)19-22-7-6-8-22)20-25(32)23-11-17-36(34,35)18-12-23/h3-5,9-10,22-23H,6-8,11-21H2,1-2H3/t27-,28+. The Bertz CT molecular complexity index is 1060. The lowest BCUT2D eigenvalue weighted by molar-refractivity contribution is -0.123. The van der Waals surface area contributed by atoms with Crippen LogP contribution in [-0.2, 0) is 20.2 Å². The summed E-state index contributed by atoms with van der Waals surface area (Å²) >= 11 is 0. The second kappa shape index (κ2) is 9.75. The molecule has 0 N–H and O–H groups in total. The fourth-order valence-electron chi connectivity index (χ4n) is 7.04. The molecule has 2 aliphatic carbocycles. The number of urea groups is 1. The van der Waals surface area contributed by atoms with Gasteiger partial charge in [-0.05, 0) is 76.9 Å². The molecule has 1 aromatic rings. The largest absolute Gasteiger partial charge is 0.321 e. The lowest BCUT2D eigenvalue weighted by Gasteiger charge is -2.51. The molecule has 2 amide bonds. The van der Waals surface area contributed by atoms with Crippen molar-refractivity contribution in [1.29, 1.82) is 0 Å². The van der Waals surface area contributed by atoms with Crippen LogP contribution >= 0.6 is 0 Å². The summed E-state index contributed by atoms with van der Waals surface area (Å²) in [7, 11) is 1.30. The number of hydrogen-bond acceptors (Lipinski definition) is 5. The molecule has 0 bridgehead atoms.